The topological polar surface area (TPSA) is 24.9 Å². The number of aromatic nitrogens is 1. The third-order valence-electron chi connectivity index (χ3n) is 3.32. The Labute approximate surface area is 129 Å². The summed E-state index contributed by atoms with van der Waals surface area (Å²) in [5.41, 5.74) is 3.88. The minimum atomic E-state index is 0.339. The molecule has 0 saturated heterocycles. The molecule has 0 aliphatic carbocycles. The van der Waals surface area contributed by atoms with Crippen LogP contribution in [0.3, 0.4) is 0 Å². The number of aryl methyl sites for hydroxylation is 1. The van der Waals surface area contributed by atoms with Crippen LogP contribution in [0.2, 0.25) is 0 Å². The largest absolute Gasteiger partial charge is 0.310 e. The van der Waals surface area contributed by atoms with Crippen LogP contribution in [0, 0.1) is 6.92 Å². The number of halogens is 1. The lowest BCUT2D eigenvalue weighted by molar-refractivity contribution is 0.528. The van der Waals surface area contributed by atoms with E-state index in [1.165, 1.54) is 16.7 Å². The zero-order valence-electron chi connectivity index (χ0n) is 12.1. The molecular formula is C17H21BrN2. The Morgan fingerprint density at radius 3 is 2.60 bits per heavy atom. The molecule has 1 aromatic carbocycles. The zero-order valence-corrected chi connectivity index (χ0v) is 13.7. The summed E-state index contributed by atoms with van der Waals surface area (Å²) in [6, 6.07) is 11.3. The molecule has 0 fully saturated rings. The van der Waals surface area contributed by atoms with Crippen molar-refractivity contribution < 1.29 is 0 Å². The van der Waals surface area contributed by atoms with E-state index < -0.39 is 0 Å². The number of nitrogens with one attached hydrogen (secondary N) is 1. The summed E-state index contributed by atoms with van der Waals surface area (Å²) >= 11 is 3.49. The van der Waals surface area contributed by atoms with E-state index >= 15 is 0 Å². The van der Waals surface area contributed by atoms with E-state index in [4.69, 9.17) is 0 Å². The van der Waals surface area contributed by atoms with E-state index in [1.54, 1.807) is 0 Å². The second-order valence-corrected chi connectivity index (χ2v) is 6.05. The van der Waals surface area contributed by atoms with Gasteiger partial charge in [-0.25, -0.2) is 0 Å². The van der Waals surface area contributed by atoms with Crippen molar-refractivity contribution in [3.05, 3.63) is 63.9 Å². The van der Waals surface area contributed by atoms with Gasteiger partial charge in [-0.1, -0.05) is 36.8 Å². The number of hydrogen-bond acceptors (Lipinski definition) is 2. The second kappa shape index (κ2) is 7.55. The van der Waals surface area contributed by atoms with Gasteiger partial charge in [0, 0.05) is 22.9 Å². The molecule has 20 heavy (non-hydrogen) atoms. The molecule has 0 radical (unpaired) electrons. The molecule has 1 atom stereocenters. The van der Waals surface area contributed by atoms with Gasteiger partial charge in [0.05, 0.1) is 0 Å². The predicted octanol–water partition coefficient (Wildman–Crippen LogP) is 4.44. The van der Waals surface area contributed by atoms with E-state index in [0.29, 0.717) is 6.04 Å². The predicted molar refractivity (Wildman–Crippen MR) is 87.9 cm³/mol. The molecule has 0 aliphatic rings. The minimum absolute atomic E-state index is 0.339. The second-order valence-electron chi connectivity index (χ2n) is 5.13. The van der Waals surface area contributed by atoms with Gasteiger partial charge in [-0.05, 0) is 59.4 Å². The lowest BCUT2D eigenvalue weighted by Crippen LogP contribution is -2.24. The fourth-order valence-corrected chi connectivity index (χ4v) is 2.64. The maximum Gasteiger partial charge on any atom is 0.0410 e. The third kappa shape index (κ3) is 4.43. The summed E-state index contributed by atoms with van der Waals surface area (Å²) in [5.74, 6) is 0. The van der Waals surface area contributed by atoms with Crippen LogP contribution in [0.25, 0.3) is 0 Å². The van der Waals surface area contributed by atoms with Gasteiger partial charge in [-0.15, -0.1) is 0 Å². The smallest absolute Gasteiger partial charge is 0.0410 e. The average molecular weight is 333 g/mol. The number of nitrogens with zero attached hydrogens (tertiary/aromatic N) is 1. The fourth-order valence-electron chi connectivity index (χ4n) is 2.23. The maximum absolute atomic E-state index is 4.25. The highest BCUT2D eigenvalue weighted by atomic mass is 79.9. The molecular weight excluding hydrogens is 312 g/mol. The third-order valence-corrected chi connectivity index (χ3v) is 3.76. The van der Waals surface area contributed by atoms with Crippen LogP contribution >= 0.6 is 15.9 Å². The van der Waals surface area contributed by atoms with Crippen molar-refractivity contribution >= 4 is 15.9 Å². The van der Waals surface area contributed by atoms with E-state index in [1.807, 2.05) is 12.4 Å². The maximum atomic E-state index is 4.25. The van der Waals surface area contributed by atoms with Gasteiger partial charge in [-0.3, -0.25) is 4.98 Å². The average Bonchev–Trinajstić information content (AvgIpc) is 2.44. The molecule has 0 saturated carbocycles. The van der Waals surface area contributed by atoms with Crippen LogP contribution < -0.4 is 5.32 Å². The molecule has 0 bridgehead atoms. The summed E-state index contributed by atoms with van der Waals surface area (Å²) in [6.45, 7) is 5.34. The van der Waals surface area contributed by atoms with Crippen LogP contribution in [-0.4, -0.2) is 11.5 Å². The Hall–Kier alpha value is -1.19. The number of hydrogen-bond donors (Lipinski definition) is 1. The van der Waals surface area contributed by atoms with Crippen LogP contribution in [-0.2, 0) is 6.42 Å². The molecule has 3 heteroatoms. The van der Waals surface area contributed by atoms with Gasteiger partial charge in [-0.2, -0.15) is 0 Å². The first-order chi connectivity index (χ1) is 9.69. The van der Waals surface area contributed by atoms with E-state index in [0.717, 1.165) is 23.9 Å². The first kappa shape index (κ1) is 15.2. The highest BCUT2D eigenvalue weighted by Crippen LogP contribution is 2.20. The monoisotopic (exact) mass is 332 g/mol. The number of pyridine rings is 1. The number of rotatable bonds is 6. The highest BCUT2D eigenvalue weighted by molar-refractivity contribution is 9.10. The first-order valence-corrected chi connectivity index (χ1v) is 7.87. The van der Waals surface area contributed by atoms with Crippen LogP contribution in [0.5, 0.6) is 0 Å². The van der Waals surface area contributed by atoms with Crippen LogP contribution in [0.1, 0.15) is 36.1 Å². The van der Waals surface area contributed by atoms with Gasteiger partial charge in [0.1, 0.15) is 0 Å². The van der Waals surface area contributed by atoms with Gasteiger partial charge in [0.2, 0.25) is 0 Å². The molecule has 106 valence electrons. The van der Waals surface area contributed by atoms with Gasteiger partial charge in [0.25, 0.3) is 0 Å². The normalized spacial score (nSPS) is 12.3. The Bertz CT molecular complexity index is 537. The van der Waals surface area contributed by atoms with E-state index in [2.05, 4.69) is 70.4 Å². The summed E-state index contributed by atoms with van der Waals surface area (Å²) in [5, 5.41) is 3.63. The van der Waals surface area contributed by atoms with Crippen LogP contribution in [0.15, 0.2) is 47.2 Å². The fraction of sp³-hybridized carbons (Fsp3) is 0.353. The Kier molecular flexibility index (Phi) is 5.74. The van der Waals surface area contributed by atoms with Crippen molar-refractivity contribution in [3.63, 3.8) is 0 Å². The quantitative estimate of drug-likeness (QED) is 0.846. The lowest BCUT2D eigenvalue weighted by atomic mass is 9.99. The van der Waals surface area contributed by atoms with Crippen molar-refractivity contribution in [1.82, 2.24) is 10.3 Å². The molecule has 0 spiro atoms. The highest BCUT2D eigenvalue weighted by Gasteiger charge is 2.11. The molecule has 1 heterocycles. The van der Waals surface area contributed by atoms with E-state index in [9.17, 15) is 0 Å². The molecule has 1 aromatic heterocycles. The van der Waals surface area contributed by atoms with Crippen molar-refractivity contribution in [1.29, 1.82) is 0 Å². The molecule has 0 amide bonds. The lowest BCUT2D eigenvalue weighted by Gasteiger charge is -2.19. The summed E-state index contributed by atoms with van der Waals surface area (Å²) in [7, 11) is 0. The van der Waals surface area contributed by atoms with Crippen molar-refractivity contribution in [3.8, 4) is 0 Å². The Morgan fingerprint density at radius 1 is 1.20 bits per heavy atom. The SMILES string of the molecule is CCCNC(Cc1cncc(Br)c1)c1ccc(C)cc1. The summed E-state index contributed by atoms with van der Waals surface area (Å²) < 4.78 is 1.04. The zero-order chi connectivity index (χ0) is 14.4. The standard InChI is InChI=1S/C17H21BrN2/c1-3-8-20-17(15-6-4-13(2)5-7-15)10-14-9-16(18)12-19-11-14/h4-7,9,11-12,17,20H,3,8,10H2,1-2H3. The molecule has 2 nitrogen and oxygen atoms in total. The summed E-state index contributed by atoms with van der Waals surface area (Å²) in [4.78, 5) is 4.25. The molecule has 1 N–H and O–H groups in total. The first-order valence-electron chi connectivity index (χ1n) is 7.08. The number of benzene rings is 1. The van der Waals surface area contributed by atoms with Gasteiger partial charge < -0.3 is 5.32 Å². The Morgan fingerprint density at radius 2 is 1.95 bits per heavy atom. The minimum Gasteiger partial charge on any atom is -0.310 e. The van der Waals surface area contributed by atoms with Crippen molar-refractivity contribution in [2.45, 2.75) is 32.7 Å². The molecule has 0 aliphatic heterocycles. The van der Waals surface area contributed by atoms with Crippen molar-refractivity contribution in [2.75, 3.05) is 6.54 Å². The molecule has 1 unspecified atom stereocenters. The van der Waals surface area contributed by atoms with E-state index in [-0.39, 0.29) is 0 Å². The Balaban J connectivity index is 2.16. The molecule has 2 rings (SSSR count). The van der Waals surface area contributed by atoms with Crippen LogP contribution in [0.4, 0.5) is 0 Å². The summed E-state index contributed by atoms with van der Waals surface area (Å²) in [6.07, 6.45) is 5.86. The van der Waals surface area contributed by atoms with Gasteiger partial charge in [0.15, 0.2) is 0 Å². The van der Waals surface area contributed by atoms with Crippen molar-refractivity contribution in [2.24, 2.45) is 0 Å². The molecule has 2 aromatic rings. The van der Waals surface area contributed by atoms with Gasteiger partial charge >= 0.3 is 0 Å².